The van der Waals surface area contributed by atoms with E-state index in [0.29, 0.717) is 24.0 Å². The van der Waals surface area contributed by atoms with Crippen LogP contribution in [0.4, 0.5) is 0 Å². The van der Waals surface area contributed by atoms with E-state index in [-0.39, 0.29) is 0 Å². The first-order valence-electron chi connectivity index (χ1n) is 9.25. The molecule has 0 aliphatic rings. The normalized spacial score (nSPS) is 10.8. The molecule has 0 aliphatic heterocycles. The smallest absolute Gasteiger partial charge is 0.175 e. The number of hydrogen-bond acceptors (Lipinski definition) is 4. The van der Waals surface area contributed by atoms with Gasteiger partial charge in [0.2, 0.25) is 0 Å². The average Bonchev–Trinajstić information content (AvgIpc) is 2.64. The fourth-order valence-electron chi connectivity index (χ4n) is 2.59. The molecule has 0 amide bonds. The average molecular weight is 457 g/mol. The summed E-state index contributed by atoms with van der Waals surface area (Å²) in [4.78, 5) is 0. The quantitative estimate of drug-likeness (QED) is 0.422. The zero-order valence-electron chi connectivity index (χ0n) is 15.9. The van der Waals surface area contributed by atoms with E-state index in [2.05, 4.69) is 27.3 Å². The lowest BCUT2D eigenvalue weighted by atomic mass is 10.2. The second-order valence-electron chi connectivity index (χ2n) is 5.98. The fraction of sp³-hybridized carbons (Fsp3) is 0.429. The van der Waals surface area contributed by atoms with Crippen molar-refractivity contribution < 1.29 is 14.2 Å². The van der Waals surface area contributed by atoms with Crippen LogP contribution < -0.4 is 14.8 Å². The van der Waals surface area contributed by atoms with Crippen LogP contribution in [0, 0.1) is 0 Å². The number of nitrogens with one attached hydrogen (secondary N) is 1. The number of halogens is 2. The van der Waals surface area contributed by atoms with E-state index in [1.54, 1.807) is 0 Å². The molecule has 0 fully saturated rings. The minimum absolute atomic E-state index is 0.425. The van der Waals surface area contributed by atoms with Crippen LogP contribution >= 0.6 is 27.5 Å². The molecule has 27 heavy (non-hydrogen) atoms. The molecule has 0 saturated carbocycles. The molecule has 0 heterocycles. The minimum Gasteiger partial charge on any atom is -0.490 e. The van der Waals surface area contributed by atoms with Crippen LogP contribution in [0.3, 0.4) is 0 Å². The van der Waals surface area contributed by atoms with Gasteiger partial charge in [-0.25, -0.2) is 0 Å². The van der Waals surface area contributed by atoms with Gasteiger partial charge in [-0.15, -0.1) is 0 Å². The molecule has 0 aromatic heterocycles. The molecule has 0 unspecified atom stereocenters. The zero-order valence-corrected chi connectivity index (χ0v) is 18.2. The molecular weight excluding hydrogens is 430 g/mol. The van der Waals surface area contributed by atoms with Crippen molar-refractivity contribution in [1.82, 2.24) is 5.32 Å². The third-order valence-corrected chi connectivity index (χ3v) is 4.64. The van der Waals surface area contributed by atoms with E-state index in [0.717, 1.165) is 54.1 Å². The van der Waals surface area contributed by atoms with Crippen molar-refractivity contribution in [3.05, 3.63) is 57.0 Å². The Labute approximate surface area is 175 Å². The SMILES string of the molecule is CCOCCCNCc1cc(Br)c(OCc2cccc(Cl)c2)c(OCC)c1. The monoisotopic (exact) mass is 455 g/mol. The van der Waals surface area contributed by atoms with E-state index in [9.17, 15) is 0 Å². The molecule has 0 radical (unpaired) electrons. The Kier molecular flexibility index (Phi) is 9.98. The maximum atomic E-state index is 6.04. The molecule has 148 valence electrons. The molecule has 4 nitrogen and oxygen atoms in total. The lowest BCUT2D eigenvalue weighted by Gasteiger charge is -2.16. The highest BCUT2D eigenvalue weighted by molar-refractivity contribution is 9.10. The molecule has 0 atom stereocenters. The highest BCUT2D eigenvalue weighted by Gasteiger charge is 2.13. The standard InChI is InChI=1S/C21H27BrClNO3/c1-3-25-10-6-9-24-14-17-12-19(22)21(20(13-17)26-4-2)27-15-16-7-5-8-18(23)11-16/h5,7-8,11-13,24H,3-4,6,9-10,14-15H2,1-2H3. The molecule has 0 spiro atoms. The van der Waals surface area contributed by atoms with Gasteiger partial charge in [0.1, 0.15) is 6.61 Å². The van der Waals surface area contributed by atoms with E-state index in [1.165, 1.54) is 0 Å². The van der Waals surface area contributed by atoms with Crippen molar-refractivity contribution in [3.8, 4) is 11.5 Å². The Hall–Kier alpha value is -1.27. The summed E-state index contributed by atoms with van der Waals surface area (Å²) in [5.74, 6) is 1.44. The second kappa shape index (κ2) is 12.2. The minimum atomic E-state index is 0.425. The molecule has 0 bridgehead atoms. The molecule has 6 heteroatoms. The molecule has 1 N–H and O–H groups in total. The summed E-state index contributed by atoms with van der Waals surface area (Å²) in [6, 6.07) is 11.7. The Balaban J connectivity index is 1.99. The summed E-state index contributed by atoms with van der Waals surface area (Å²) in [6.45, 7) is 8.20. The first kappa shape index (κ1) is 22.0. The van der Waals surface area contributed by atoms with E-state index >= 15 is 0 Å². The third-order valence-electron chi connectivity index (χ3n) is 3.82. The van der Waals surface area contributed by atoms with Crippen LogP contribution in [-0.4, -0.2) is 26.4 Å². The van der Waals surface area contributed by atoms with Gasteiger partial charge in [-0.3, -0.25) is 0 Å². The van der Waals surface area contributed by atoms with Gasteiger partial charge in [-0.1, -0.05) is 23.7 Å². The molecule has 2 rings (SSSR count). The lowest BCUT2D eigenvalue weighted by Crippen LogP contribution is -2.16. The van der Waals surface area contributed by atoms with E-state index in [1.807, 2.05) is 44.2 Å². The molecule has 0 saturated heterocycles. The predicted molar refractivity (Wildman–Crippen MR) is 114 cm³/mol. The first-order valence-corrected chi connectivity index (χ1v) is 10.4. The molecule has 2 aromatic carbocycles. The first-order chi connectivity index (χ1) is 13.1. The predicted octanol–water partition coefficient (Wildman–Crippen LogP) is 5.60. The summed E-state index contributed by atoms with van der Waals surface area (Å²) in [6.07, 6.45) is 0.994. The molecule has 2 aromatic rings. The van der Waals surface area contributed by atoms with Gasteiger partial charge < -0.3 is 19.5 Å². The highest BCUT2D eigenvalue weighted by Crippen LogP contribution is 2.37. The van der Waals surface area contributed by atoms with Gasteiger partial charge in [0.15, 0.2) is 11.5 Å². The van der Waals surface area contributed by atoms with E-state index < -0.39 is 0 Å². The van der Waals surface area contributed by atoms with Crippen LogP contribution in [0.25, 0.3) is 0 Å². The summed E-state index contributed by atoms with van der Waals surface area (Å²) in [5.41, 5.74) is 2.15. The molecule has 0 aliphatic carbocycles. The Morgan fingerprint density at radius 3 is 2.63 bits per heavy atom. The van der Waals surface area contributed by atoms with Crippen molar-refractivity contribution in [1.29, 1.82) is 0 Å². The van der Waals surface area contributed by atoms with Crippen molar-refractivity contribution in [2.24, 2.45) is 0 Å². The summed E-state index contributed by atoms with van der Waals surface area (Å²) in [7, 11) is 0. The van der Waals surface area contributed by atoms with Crippen LogP contribution in [-0.2, 0) is 17.9 Å². The van der Waals surface area contributed by atoms with Crippen LogP contribution in [0.2, 0.25) is 5.02 Å². The largest absolute Gasteiger partial charge is 0.490 e. The van der Waals surface area contributed by atoms with Gasteiger partial charge in [0.05, 0.1) is 11.1 Å². The fourth-order valence-corrected chi connectivity index (χ4v) is 3.40. The van der Waals surface area contributed by atoms with Crippen LogP contribution in [0.5, 0.6) is 11.5 Å². The Bertz CT molecular complexity index is 712. The van der Waals surface area contributed by atoms with Gasteiger partial charge in [0.25, 0.3) is 0 Å². The zero-order chi connectivity index (χ0) is 19.5. The van der Waals surface area contributed by atoms with Crippen molar-refractivity contribution in [2.75, 3.05) is 26.4 Å². The van der Waals surface area contributed by atoms with Crippen molar-refractivity contribution >= 4 is 27.5 Å². The van der Waals surface area contributed by atoms with Gasteiger partial charge in [-0.2, -0.15) is 0 Å². The number of rotatable bonds is 12. The van der Waals surface area contributed by atoms with Crippen LogP contribution in [0.1, 0.15) is 31.4 Å². The van der Waals surface area contributed by atoms with Crippen molar-refractivity contribution in [3.63, 3.8) is 0 Å². The number of hydrogen-bond donors (Lipinski definition) is 1. The Morgan fingerprint density at radius 2 is 1.89 bits per heavy atom. The third kappa shape index (κ3) is 7.70. The van der Waals surface area contributed by atoms with Gasteiger partial charge in [0, 0.05) is 24.8 Å². The molecular formula is C21H27BrClNO3. The van der Waals surface area contributed by atoms with Crippen LogP contribution in [0.15, 0.2) is 40.9 Å². The highest BCUT2D eigenvalue weighted by atomic mass is 79.9. The Morgan fingerprint density at radius 1 is 1.04 bits per heavy atom. The summed E-state index contributed by atoms with van der Waals surface area (Å²) >= 11 is 9.66. The second-order valence-corrected chi connectivity index (χ2v) is 7.27. The van der Waals surface area contributed by atoms with E-state index in [4.69, 9.17) is 25.8 Å². The number of ether oxygens (including phenoxy) is 3. The maximum absolute atomic E-state index is 6.04. The maximum Gasteiger partial charge on any atom is 0.175 e. The van der Waals surface area contributed by atoms with Gasteiger partial charge in [-0.05, 0) is 78.1 Å². The topological polar surface area (TPSA) is 39.7 Å². The van der Waals surface area contributed by atoms with Gasteiger partial charge >= 0.3 is 0 Å². The summed E-state index contributed by atoms with van der Waals surface area (Å²) < 4.78 is 18.0. The summed E-state index contributed by atoms with van der Waals surface area (Å²) in [5, 5.41) is 4.13. The van der Waals surface area contributed by atoms with Crippen molar-refractivity contribution in [2.45, 2.75) is 33.4 Å². The number of benzene rings is 2. The lowest BCUT2D eigenvalue weighted by molar-refractivity contribution is 0.144.